The average Bonchev–Trinajstić information content (AvgIpc) is 2.56. The average molecular weight is 226 g/mol. The SMILES string of the molecule is Nc1nc(Cc2ccc(Cl)cc2)ns1. The normalized spacial score (nSPS) is 10.4. The van der Waals surface area contributed by atoms with Gasteiger partial charge in [-0.15, -0.1) is 0 Å². The van der Waals surface area contributed by atoms with Gasteiger partial charge in [0.05, 0.1) is 0 Å². The highest BCUT2D eigenvalue weighted by molar-refractivity contribution is 7.09. The second-order valence-electron chi connectivity index (χ2n) is 2.85. The Hall–Kier alpha value is -1.13. The van der Waals surface area contributed by atoms with E-state index in [-0.39, 0.29) is 0 Å². The zero-order valence-corrected chi connectivity index (χ0v) is 8.85. The van der Waals surface area contributed by atoms with Crippen molar-refractivity contribution in [3.8, 4) is 0 Å². The van der Waals surface area contributed by atoms with Crippen LogP contribution in [0.5, 0.6) is 0 Å². The van der Waals surface area contributed by atoms with Gasteiger partial charge in [0.25, 0.3) is 0 Å². The monoisotopic (exact) mass is 225 g/mol. The molecule has 0 aliphatic heterocycles. The van der Waals surface area contributed by atoms with Crippen molar-refractivity contribution in [1.29, 1.82) is 0 Å². The van der Waals surface area contributed by atoms with Gasteiger partial charge in [0.15, 0.2) is 5.13 Å². The molecule has 0 spiro atoms. The Balaban J connectivity index is 2.15. The molecule has 1 heterocycles. The lowest BCUT2D eigenvalue weighted by Crippen LogP contribution is -1.91. The molecule has 0 amide bonds. The lowest BCUT2D eigenvalue weighted by Gasteiger charge is -1.96. The third kappa shape index (κ3) is 2.21. The summed E-state index contributed by atoms with van der Waals surface area (Å²) in [7, 11) is 0. The molecule has 1 aromatic heterocycles. The highest BCUT2D eigenvalue weighted by atomic mass is 35.5. The van der Waals surface area contributed by atoms with E-state index in [1.165, 1.54) is 11.5 Å². The first-order valence-corrected chi connectivity index (χ1v) is 5.22. The van der Waals surface area contributed by atoms with Gasteiger partial charge in [0, 0.05) is 23.0 Å². The fourth-order valence-electron chi connectivity index (χ4n) is 1.12. The zero-order chi connectivity index (χ0) is 9.97. The van der Waals surface area contributed by atoms with E-state index in [2.05, 4.69) is 9.36 Å². The summed E-state index contributed by atoms with van der Waals surface area (Å²) in [5, 5.41) is 1.24. The van der Waals surface area contributed by atoms with E-state index < -0.39 is 0 Å². The number of anilines is 1. The zero-order valence-electron chi connectivity index (χ0n) is 7.27. The topological polar surface area (TPSA) is 51.8 Å². The lowest BCUT2D eigenvalue weighted by atomic mass is 10.1. The molecule has 5 heteroatoms. The Morgan fingerprint density at radius 2 is 2.00 bits per heavy atom. The van der Waals surface area contributed by atoms with Crippen molar-refractivity contribution in [2.45, 2.75) is 6.42 Å². The first kappa shape index (κ1) is 9.43. The van der Waals surface area contributed by atoms with E-state index in [0.29, 0.717) is 11.6 Å². The van der Waals surface area contributed by atoms with E-state index >= 15 is 0 Å². The van der Waals surface area contributed by atoms with Crippen LogP contribution in [-0.2, 0) is 6.42 Å². The van der Waals surface area contributed by atoms with Gasteiger partial charge in [-0.1, -0.05) is 23.7 Å². The van der Waals surface area contributed by atoms with Crippen molar-refractivity contribution in [1.82, 2.24) is 9.36 Å². The van der Waals surface area contributed by atoms with E-state index in [1.54, 1.807) is 0 Å². The largest absolute Gasteiger partial charge is 0.374 e. The molecule has 0 unspecified atom stereocenters. The summed E-state index contributed by atoms with van der Waals surface area (Å²) >= 11 is 6.99. The molecule has 0 fully saturated rings. The summed E-state index contributed by atoms with van der Waals surface area (Å²) in [5.74, 6) is 0.759. The van der Waals surface area contributed by atoms with Gasteiger partial charge < -0.3 is 5.73 Å². The molecule has 0 bridgehead atoms. The van der Waals surface area contributed by atoms with Crippen LogP contribution in [0.15, 0.2) is 24.3 Å². The molecule has 2 N–H and O–H groups in total. The maximum atomic E-state index is 5.77. The minimum atomic E-state index is 0.508. The number of nitrogen functional groups attached to an aromatic ring is 1. The predicted molar refractivity (Wildman–Crippen MR) is 58.6 cm³/mol. The van der Waals surface area contributed by atoms with Crippen molar-refractivity contribution in [2.75, 3.05) is 5.73 Å². The summed E-state index contributed by atoms with van der Waals surface area (Å²) < 4.78 is 4.11. The number of rotatable bonds is 2. The third-order valence-corrected chi connectivity index (χ3v) is 2.59. The Morgan fingerprint density at radius 3 is 2.57 bits per heavy atom. The van der Waals surface area contributed by atoms with Gasteiger partial charge in [-0.05, 0) is 17.7 Å². The second kappa shape index (κ2) is 3.94. The molecule has 72 valence electrons. The van der Waals surface area contributed by atoms with Crippen LogP contribution < -0.4 is 5.73 Å². The molecule has 0 aliphatic carbocycles. The third-order valence-electron chi connectivity index (χ3n) is 1.76. The maximum Gasteiger partial charge on any atom is 0.199 e. The number of aromatic nitrogens is 2. The minimum absolute atomic E-state index is 0.508. The fraction of sp³-hybridized carbons (Fsp3) is 0.111. The van der Waals surface area contributed by atoms with E-state index in [9.17, 15) is 0 Å². The van der Waals surface area contributed by atoms with Gasteiger partial charge in [-0.2, -0.15) is 4.37 Å². The summed E-state index contributed by atoms with van der Waals surface area (Å²) in [5.41, 5.74) is 6.61. The van der Waals surface area contributed by atoms with Crippen molar-refractivity contribution in [2.24, 2.45) is 0 Å². The summed E-state index contributed by atoms with van der Waals surface area (Å²) in [4.78, 5) is 4.08. The Labute approximate surface area is 90.7 Å². The van der Waals surface area contributed by atoms with Gasteiger partial charge in [-0.25, -0.2) is 4.98 Å². The Kier molecular flexibility index (Phi) is 2.65. The van der Waals surface area contributed by atoms with Crippen molar-refractivity contribution in [3.05, 3.63) is 40.7 Å². The van der Waals surface area contributed by atoms with Crippen LogP contribution in [0.1, 0.15) is 11.4 Å². The second-order valence-corrected chi connectivity index (χ2v) is 4.07. The molecule has 1 aromatic carbocycles. The van der Waals surface area contributed by atoms with E-state index in [0.717, 1.165) is 16.4 Å². The van der Waals surface area contributed by atoms with Crippen LogP contribution in [0, 0.1) is 0 Å². The molecule has 0 atom stereocenters. The number of hydrogen-bond acceptors (Lipinski definition) is 4. The molecule has 0 saturated heterocycles. The standard InChI is InChI=1S/C9H8ClN3S/c10-7-3-1-6(2-4-7)5-8-12-9(11)14-13-8/h1-4H,5H2,(H2,11,12,13). The van der Waals surface area contributed by atoms with Crippen LogP contribution in [-0.4, -0.2) is 9.36 Å². The molecule has 0 saturated carbocycles. The predicted octanol–water partition coefficient (Wildman–Crippen LogP) is 2.36. The van der Waals surface area contributed by atoms with E-state index in [1.807, 2.05) is 24.3 Å². The molecule has 0 radical (unpaired) electrons. The van der Waals surface area contributed by atoms with Crippen molar-refractivity contribution >= 4 is 28.3 Å². The van der Waals surface area contributed by atoms with Gasteiger partial charge >= 0.3 is 0 Å². The summed E-state index contributed by atoms with van der Waals surface area (Å²) in [6.45, 7) is 0. The van der Waals surface area contributed by atoms with Crippen LogP contribution in [0.2, 0.25) is 5.02 Å². The number of benzene rings is 1. The first-order valence-electron chi connectivity index (χ1n) is 4.06. The van der Waals surface area contributed by atoms with Crippen LogP contribution in [0.4, 0.5) is 5.13 Å². The smallest absolute Gasteiger partial charge is 0.199 e. The highest BCUT2D eigenvalue weighted by Crippen LogP contribution is 2.13. The summed E-state index contributed by atoms with van der Waals surface area (Å²) in [6, 6.07) is 7.62. The molecule has 0 aliphatic rings. The number of halogens is 1. The van der Waals surface area contributed by atoms with E-state index in [4.69, 9.17) is 17.3 Å². The van der Waals surface area contributed by atoms with Gasteiger partial charge in [-0.3, -0.25) is 0 Å². The number of hydrogen-bond donors (Lipinski definition) is 1. The Morgan fingerprint density at radius 1 is 1.29 bits per heavy atom. The maximum absolute atomic E-state index is 5.77. The van der Waals surface area contributed by atoms with Crippen molar-refractivity contribution in [3.63, 3.8) is 0 Å². The minimum Gasteiger partial charge on any atom is -0.374 e. The molecular formula is C9H8ClN3S. The molecule has 14 heavy (non-hydrogen) atoms. The number of nitrogens with two attached hydrogens (primary N) is 1. The van der Waals surface area contributed by atoms with Gasteiger partial charge in [0.1, 0.15) is 5.82 Å². The number of nitrogens with zero attached hydrogens (tertiary/aromatic N) is 2. The lowest BCUT2D eigenvalue weighted by molar-refractivity contribution is 1.04. The van der Waals surface area contributed by atoms with Gasteiger partial charge in [0.2, 0.25) is 0 Å². The first-order chi connectivity index (χ1) is 6.74. The fourth-order valence-corrected chi connectivity index (χ4v) is 1.70. The summed E-state index contributed by atoms with van der Waals surface area (Å²) in [6.07, 6.45) is 0.699. The molecule has 3 nitrogen and oxygen atoms in total. The van der Waals surface area contributed by atoms with Crippen molar-refractivity contribution < 1.29 is 0 Å². The van der Waals surface area contributed by atoms with Crippen LogP contribution in [0.25, 0.3) is 0 Å². The highest BCUT2D eigenvalue weighted by Gasteiger charge is 2.02. The van der Waals surface area contributed by atoms with Crippen LogP contribution in [0.3, 0.4) is 0 Å². The molecular weight excluding hydrogens is 218 g/mol. The molecule has 2 rings (SSSR count). The quantitative estimate of drug-likeness (QED) is 0.854. The Bertz CT molecular complexity index is 424. The molecule has 2 aromatic rings. The van der Waals surface area contributed by atoms with Crippen LogP contribution >= 0.6 is 23.1 Å².